The highest BCUT2D eigenvalue weighted by Crippen LogP contribution is 2.68. The van der Waals surface area contributed by atoms with Crippen LogP contribution in [0.5, 0.6) is 0 Å². The van der Waals surface area contributed by atoms with Gasteiger partial charge in [0.1, 0.15) is 0 Å². The van der Waals surface area contributed by atoms with Crippen LogP contribution in [0.4, 0.5) is 0 Å². The highest BCUT2D eigenvalue weighted by atomic mass is 32.2. The van der Waals surface area contributed by atoms with Crippen molar-refractivity contribution in [2.45, 2.75) is 123 Å². The van der Waals surface area contributed by atoms with E-state index in [1.165, 1.54) is 64.2 Å². The average Bonchev–Trinajstić information content (AvgIpc) is 3.23. The van der Waals surface area contributed by atoms with Gasteiger partial charge in [-0.05, 0) is 137 Å². The Morgan fingerprint density at radius 1 is 0.949 bits per heavy atom. The molecule has 226 valence electrons. The minimum absolute atomic E-state index is 0.0748. The minimum atomic E-state index is -3.94. The van der Waals surface area contributed by atoms with E-state index in [2.05, 4.69) is 26.1 Å². The molecule has 0 heterocycles. The monoisotopic (exact) mass is 566 g/mol. The highest BCUT2D eigenvalue weighted by molar-refractivity contribution is 7.85. The Balaban J connectivity index is 1.22. The summed E-state index contributed by atoms with van der Waals surface area (Å²) in [6.45, 7) is 8.33. The van der Waals surface area contributed by atoms with Crippen LogP contribution in [0.2, 0.25) is 0 Å². The van der Waals surface area contributed by atoms with Crippen LogP contribution >= 0.6 is 0 Å². The van der Waals surface area contributed by atoms with E-state index in [-0.39, 0.29) is 17.7 Å². The van der Waals surface area contributed by atoms with Gasteiger partial charge in [0, 0.05) is 19.0 Å². The first-order chi connectivity index (χ1) is 18.3. The number of nitrogens with one attached hydrogen (secondary N) is 1. The van der Waals surface area contributed by atoms with Crippen molar-refractivity contribution in [2.75, 3.05) is 26.4 Å². The van der Waals surface area contributed by atoms with Crippen LogP contribution in [0, 0.1) is 46.3 Å². The molecule has 0 radical (unpaired) electrons. The van der Waals surface area contributed by atoms with E-state index < -0.39 is 10.1 Å². The molecule has 9 atom stereocenters. The van der Waals surface area contributed by atoms with Gasteiger partial charge in [0.15, 0.2) is 0 Å². The molecule has 0 aromatic heterocycles. The van der Waals surface area contributed by atoms with Gasteiger partial charge >= 0.3 is 0 Å². The fourth-order valence-corrected chi connectivity index (χ4v) is 11.0. The molecule has 0 spiro atoms. The molecule has 0 saturated heterocycles. The van der Waals surface area contributed by atoms with Crippen molar-refractivity contribution < 1.29 is 17.8 Å². The summed E-state index contributed by atoms with van der Waals surface area (Å²) in [4.78, 5) is 14.7. The fraction of sp³-hybridized carbons (Fsp3) is 0.969. The molecule has 5 unspecified atom stereocenters. The van der Waals surface area contributed by atoms with Crippen molar-refractivity contribution in [3.8, 4) is 0 Å². The first-order valence-electron chi connectivity index (χ1n) is 16.2. The summed E-state index contributed by atoms with van der Waals surface area (Å²) in [5.41, 5.74) is 1.06. The van der Waals surface area contributed by atoms with Gasteiger partial charge in [-0.15, -0.1) is 0 Å². The molecule has 4 fully saturated rings. The molecule has 0 aromatic carbocycles. The Hall–Kier alpha value is -0.660. The first kappa shape index (κ1) is 31.3. The van der Waals surface area contributed by atoms with E-state index in [1.807, 2.05) is 19.0 Å². The van der Waals surface area contributed by atoms with Crippen molar-refractivity contribution >= 4 is 16.0 Å². The zero-order chi connectivity index (χ0) is 28.4. The molecular formula is C32H58N2O4S. The number of amides is 1. The largest absolute Gasteiger partial charge is 0.356 e. The van der Waals surface area contributed by atoms with Gasteiger partial charge < -0.3 is 10.2 Å². The summed E-state index contributed by atoms with van der Waals surface area (Å²) in [5.74, 6) is 5.02. The molecule has 6 nitrogen and oxygen atoms in total. The molecule has 0 bridgehead atoms. The lowest BCUT2D eigenvalue weighted by Gasteiger charge is -2.61. The van der Waals surface area contributed by atoms with Crippen LogP contribution in [0.25, 0.3) is 0 Å². The normalized spacial score (nSPS) is 38.0. The molecular weight excluding hydrogens is 508 g/mol. The third-order valence-corrected chi connectivity index (χ3v) is 13.4. The lowest BCUT2D eigenvalue weighted by Crippen LogP contribution is -2.53. The molecule has 4 aliphatic carbocycles. The van der Waals surface area contributed by atoms with Crippen LogP contribution in [0.1, 0.15) is 117 Å². The van der Waals surface area contributed by atoms with Crippen LogP contribution in [-0.4, -0.2) is 56.2 Å². The van der Waals surface area contributed by atoms with Crippen molar-refractivity contribution in [1.82, 2.24) is 10.2 Å². The zero-order valence-corrected chi connectivity index (χ0v) is 26.4. The van der Waals surface area contributed by atoms with E-state index in [1.54, 1.807) is 0 Å². The Morgan fingerprint density at radius 2 is 1.69 bits per heavy atom. The van der Waals surface area contributed by atoms with Gasteiger partial charge in [0.25, 0.3) is 10.1 Å². The Morgan fingerprint density at radius 3 is 2.41 bits per heavy atom. The van der Waals surface area contributed by atoms with Gasteiger partial charge in [-0.2, -0.15) is 8.42 Å². The SMILES string of the molecule is C[C@H](CCC(=O)NCCCC(CCS(=O)(=O)O)N(C)C)[C@H]1CCC2C3CCC4CCCC[C@]4(C)C3CC[C@@]21C. The number of hydrogen-bond donors (Lipinski definition) is 2. The predicted molar refractivity (Wildman–Crippen MR) is 159 cm³/mol. The summed E-state index contributed by atoms with van der Waals surface area (Å²) in [6.07, 6.45) is 18.0. The summed E-state index contributed by atoms with van der Waals surface area (Å²) in [7, 11) is -0.0874. The van der Waals surface area contributed by atoms with E-state index in [9.17, 15) is 13.2 Å². The van der Waals surface area contributed by atoms with Crippen LogP contribution in [0.3, 0.4) is 0 Å². The first-order valence-corrected chi connectivity index (χ1v) is 17.8. The summed E-state index contributed by atoms with van der Waals surface area (Å²) in [6, 6.07) is 0.0748. The van der Waals surface area contributed by atoms with Crippen LogP contribution in [-0.2, 0) is 14.9 Å². The molecule has 4 aliphatic rings. The summed E-state index contributed by atoms with van der Waals surface area (Å²) < 4.78 is 31.3. The average molecular weight is 567 g/mol. The van der Waals surface area contributed by atoms with Crippen LogP contribution in [0.15, 0.2) is 0 Å². The second kappa shape index (κ2) is 12.7. The summed E-state index contributed by atoms with van der Waals surface area (Å²) in [5, 5.41) is 3.10. The van der Waals surface area contributed by atoms with E-state index in [0.717, 1.165) is 48.9 Å². The maximum atomic E-state index is 12.7. The Labute approximate surface area is 239 Å². The number of nitrogens with zero attached hydrogens (tertiary/aromatic N) is 1. The molecule has 0 aliphatic heterocycles. The van der Waals surface area contributed by atoms with E-state index in [0.29, 0.717) is 36.1 Å². The fourth-order valence-electron chi connectivity index (χ4n) is 10.4. The lowest BCUT2D eigenvalue weighted by molar-refractivity contribution is -0.122. The summed E-state index contributed by atoms with van der Waals surface area (Å²) >= 11 is 0. The van der Waals surface area contributed by atoms with Gasteiger partial charge in [0.05, 0.1) is 5.75 Å². The molecule has 39 heavy (non-hydrogen) atoms. The topological polar surface area (TPSA) is 86.7 Å². The third kappa shape index (κ3) is 7.05. The smallest absolute Gasteiger partial charge is 0.264 e. The molecule has 4 rings (SSSR count). The van der Waals surface area contributed by atoms with Crippen molar-refractivity contribution in [3.05, 3.63) is 0 Å². The predicted octanol–water partition coefficient (Wildman–Crippen LogP) is 6.56. The van der Waals surface area contributed by atoms with Gasteiger partial charge in [-0.1, -0.05) is 33.6 Å². The lowest BCUT2D eigenvalue weighted by atomic mass is 9.44. The minimum Gasteiger partial charge on any atom is -0.356 e. The second-order valence-electron chi connectivity index (χ2n) is 14.8. The van der Waals surface area contributed by atoms with Crippen molar-refractivity contribution in [2.24, 2.45) is 46.3 Å². The number of carbonyl (C=O) groups is 1. The Kier molecular flexibility index (Phi) is 10.2. The van der Waals surface area contributed by atoms with E-state index >= 15 is 0 Å². The van der Waals surface area contributed by atoms with Crippen LogP contribution < -0.4 is 5.32 Å². The number of rotatable bonds is 12. The maximum absolute atomic E-state index is 12.7. The number of fused-ring (bicyclic) bond motifs is 5. The highest BCUT2D eigenvalue weighted by Gasteiger charge is 2.60. The molecule has 7 heteroatoms. The van der Waals surface area contributed by atoms with Gasteiger partial charge in [-0.25, -0.2) is 0 Å². The zero-order valence-electron chi connectivity index (χ0n) is 25.6. The maximum Gasteiger partial charge on any atom is 0.264 e. The van der Waals surface area contributed by atoms with Gasteiger partial charge in [-0.3, -0.25) is 9.35 Å². The third-order valence-electron chi connectivity index (χ3n) is 12.6. The molecule has 2 N–H and O–H groups in total. The van der Waals surface area contributed by atoms with Crippen molar-refractivity contribution in [3.63, 3.8) is 0 Å². The van der Waals surface area contributed by atoms with Crippen molar-refractivity contribution in [1.29, 1.82) is 0 Å². The number of hydrogen-bond acceptors (Lipinski definition) is 4. The van der Waals surface area contributed by atoms with Gasteiger partial charge in [0.2, 0.25) is 5.91 Å². The number of carbonyl (C=O) groups excluding carboxylic acids is 1. The Bertz CT molecular complexity index is 938. The van der Waals surface area contributed by atoms with E-state index in [4.69, 9.17) is 4.55 Å². The second-order valence-corrected chi connectivity index (χ2v) is 16.4. The molecule has 0 aromatic rings. The molecule has 4 saturated carbocycles. The molecule has 1 amide bonds. The quantitative estimate of drug-likeness (QED) is 0.206. The standard InChI is InChI=1S/C32H58N2O4S/c1-23(11-16-30(35)33-21-8-10-25(34(4)5)18-22-39(36,37)38)27-14-15-28-26-13-12-24-9-6-7-19-31(24,2)29(26)17-20-32(27,28)3/h23-29H,6-22H2,1-5H3,(H,33,35)(H,36,37,38)/t23-,24?,25?,26?,27-,28?,29?,31+,32-/m1/s1.